The molecule has 0 spiro atoms. The van der Waals surface area contributed by atoms with Crippen LogP contribution in [-0.2, 0) is 21.6 Å². The zero-order valence-electron chi connectivity index (χ0n) is 23.3. The fourth-order valence-corrected chi connectivity index (χ4v) is 7.67. The van der Waals surface area contributed by atoms with Gasteiger partial charge in [-0.25, -0.2) is 18.1 Å². The Labute approximate surface area is 238 Å². The molecule has 41 heavy (non-hydrogen) atoms. The molecule has 0 aliphatic carbocycles. The van der Waals surface area contributed by atoms with Crippen molar-refractivity contribution in [3.8, 4) is 11.3 Å². The first-order chi connectivity index (χ1) is 19.9. The lowest BCUT2D eigenvalue weighted by atomic mass is 9.86. The van der Waals surface area contributed by atoms with Crippen molar-refractivity contribution in [3.05, 3.63) is 66.0 Å². The summed E-state index contributed by atoms with van der Waals surface area (Å²) in [6, 6.07) is 16.9. The van der Waals surface area contributed by atoms with Gasteiger partial charge in [0.05, 0.1) is 40.0 Å². The van der Waals surface area contributed by atoms with Crippen molar-refractivity contribution >= 4 is 37.7 Å². The number of fused-ring (bicyclic) bond motifs is 3. The molecule has 0 N–H and O–H groups in total. The molecular weight excluding hydrogens is 538 g/mol. The highest BCUT2D eigenvalue weighted by molar-refractivity contribution is 7.91. The Morgan fingerprint density at radius 1 is 1.02 bits per heavy atom. The number of hydrogen-bond donors (Lipinski definition) is 0. The fraction of sp³-hybridized carbons (Fsp3) is 0.400. The van der Waals surface area contributed by atoms with Crippen LogP contribution in [0.25, 0.3) is 33.3 Å². The van der Waals surface area contributed by atoms with Crippen molar-refractivity contribution in [1.29, 1.82) is 0 Å². The molecule has 11 heteroatoms. The normalized spacial score (nSPS) is 18.7. The molecule has 0 radical (unpaired) electrons. The molecule has 2 aliphatic rings. The molecule has 4 aromatic heterocycles. The molecule has 10 nitrogen and oxygen atoms in total. The van der Waals surface area contributed by atoms with Crippen molar-refractivity contribution in [2.24, 2.45) is 13.0 Å². The zero-order chi connectivity index (χ0) is 28.1. The van der Waals surface area contributed by atoms with E-state index in [2.05, 4.69) is 62.2 Å². The van der Waals surface area contributed by atoms with Gasteiger partial charge in [-0.3, -0.25) is 4.98 Å². The number of pyridine rings is 2. The van der Waals surface area contributed by atoms with Crippen LogP contribution in [0.2, 0.25) is 0 Å². The number of benzene rings is 1. The minimum absolute atomic E-state index is 0.0207. The standard InChI is InChI=1S/C30H33N7O3S/c1-20-28(35(2)34-33-20)23-18-25-27(31-19-23)24-8-9-26(36-12-16-41(38,39)17-13-36)32-30(24)37(25)29(21-6-4-3-5-7-21)22-10-14-40-15-11-22/h3-9,18-19,22,29H,10-17H2,1-2H3/t29-/m1/s1. The van der Waals surface area contributed by atoms with Gasteiger partial charge in [0.25, 0.3) is 0 Å². The summed E-state index contributed by atoms with van der Waals surface area (Å²) in [5.74, 6) is 1.43. The lowest BCUT2D eigenvalue weighted by molar-refractivity contribution is 0.0552. The van der Waals surface area contributed by atoms with Crippen molar-refractivity contribution in [2.75, 3.05) is 42.7 Å². The van der Waals surface area contributed by atoms with Crippen LogP contribution in [0.3, 0.4) is 0 Å². The summed E-state index contributed by atoms with van der Waals surface area (Å²) < 4.78 is 34.2. The molecule has 212 valence electrons. The third-order valence-corrected chi connectivity index (χ3v) is 10.1. The average molecular weight is 572 g/mol. The predicted octanol–water partition coefficient (Wildman–Crippen LogP) is 3.94. The average Bonchev–Trinajstić information content (AvgIpc) is 3.49. The third-order valence-electron chi connectivity index (χ3n) is 8.54. The molecule has 7 rings (SSSR count). The van der Waals surface area contributed by atoms with E-state index in [9.17, 15) is 8.42 Å². The topological polar surface area (TPSA) is 108 Å². The molecule has 0 amide bonds. The van der Waals surface area contributed by atoms with Crippen molar-refractivity contribution in [2.45, 2.75) is 25.8 Å². The van der Waals surface area contributed by atoms with Crippen LogP contribution in [0.15, 0.2) is 54.7 Å². The second-order valence-corrected chi connectivity index (χ2v) is 13.4. The van der Waals surface area contributed by atoms with E-state index in [1.54, 1.807) is 4.68 Å². The summed E-state index contributed by atoms with van der Waals surface area (Å²) in [4.78, 5) is 12.3. The van der Waals surface area contributed by atoms with Gasteiger partial charge in [0, 0.05) is 50.5 Å². The van der Waals surface area contributed by atoms with E-state index in [0.717, 1.165) is 70.9 Å². The lowest BCUT2D eigenvalue weighted by Gasteiger charge is -2.33. The minimum Gasteiger partial charge on any atom is -0.381 e. The summed E-state index contributed by atoms with van der Waals surface area (Å²) in [7, 11) is -1.10. The Balaban J connectivity index is 1.48. The quantitative estimate of drug-likeness (QED) is 0.312. The third kappa shape index (κ3) is 4.66. The van der Waals surface area contributed by atoms with E-state index in [1.165, 1.54) is 5.56 Å². The summed E-state index contributed by atoms with van der Waals surface area (Å²) >= 11 is 0. The van der Waals surface area contributed by atoms with Crippen LogP contribution in [0.1, 0.15) is 30.1 Å². The van der Waals surface area contributed by atoms with Gasteiger partial charge in [0.15, 0.2) is 9.84 Å². The molecule has 0 bridgehead atoms. The van der Waals surface area contributed by atoms with Crippen LogP contribution in [0, 0.1) is 12.8 Å². The van der Waals surface area contributed by atoms with Crippen LogP contribution < -0.4 is 4.90 Å². The van der Waals surface area contributed by atoms with E-state index in [4.69, 9.17) is 14.7 Å². The van der Waals surface area contributed by atoms with Gasteiger partial charge in [-0.1, -0.05) is 35.5 Å². The Morgan fingerprint density at radius 2 is 1.78 bits per heavy atom. The van der Waals surface area contributed by atoms with Crippen LogP contribution in [0.5, 0.6) is 0 Å². The molecule has 5 aromatic rings. The largest absolute Gasteiger partial charge is 0.381 e. The van der Waals surface area contributed by atoms with Crippen molar-refractivity contribution in [3.63, 3.8) is 0 Å². The summed E-state index contributed by atoms with van der Waals surface area (Å²) in [5, 5.41) is 9.48. The highest BCUT2D eigenvalue weighted by Crippen LogP contribution is 2.41. The minimum atomic E-state index is -3.00. The van der Waals surface area contributed by atoms with Gasteiger partial charge in [0.1, 0.15) is 11.5 Å². The summed E-state index contributed by atoms with van der Waals surface area (Å²) in [6.07, 6.45) is 3.79. The molecule has 1 atom stereocenters. The Kier molecular flexibility index (Phi) is 6.50. The maximum Gasteiger partial charge on any atom is 0.153 e. The number of nitrogens with zero attached hydrogens (tertiary/aromatic N) is 7. The first kappa shape index (κ1) is 26.1. The van der Waals surface area contributed by atoms with Gasteiger partial charge in [-0.05, 0) is 49.4 Å². The van der Waals surface area contributed by atoms with Crippen molar-refractivity contribution < 1.29 is 13.2 Å². The Bertz CT molecular complexity index is 1810. The first-order valence-electron chi connectivity index (χ1n) is 14.1. The van der Waals surface area contributed by atoms with E-state index >= 15 is 0 Å². The molecule has 0 saturated carbocycles. The molecule has 2 fully saturated rings. The van der Waals surface area contributed by atoms with E-state index in [0.29, 0.717) is 19.0 Å². The number of aryl methyl sites for hydroxylation is 2. The van der Waals surface area contributed by atoms with Crippen LogP contribution in [-0.4, -0.2) is 75.8 Å². The van der Waals surface area contributed by atoms with Crippen LogP contribution >= 0.6 is 0 Å². The predicted molar refractivity (Wildman–Crippen MR) is 159 cm³/mol. The SMILES string of the molecule is Cc1nnn(C)c1-c1cnc2c3ccc(N4CCS(=O)(=O)CC4)nc3n([C@H](c3ccccc3)C3CCOCC3)c2c1. The van der Waals surface area contributed by atoms with Gasteiger partial charge in [-0.15, -0.1) is 5.10 Å². The second kappa shape index (κ2) is 10.2. The van der Waals surface area contributed by atoms with Crippen LogP contribution in [0.4, 0.5) is 5.82 Å². The molecule has 2 saturated heterocycles. The van der Waals surface area contributed by atoms with Gasteiger partial charge >= 0.3 is 0 Å². The number of hydrogen-bond acceptors (Lipinski definition) is 8. The van der Waals surface area contributed by atoms with E-state index < -0.39 is 9.84 Å². The highest BCUT2D eigenvalue weighted by atomic mass is 32.2. The maximum absolute atomic E-state index is 12.1. The van der Waals surface area contributed by atoms with Gasteiger partial charge < -0.3 is 14.2 Å². The second-order valence-electron chi connectivity index (χ2n) is 11.1. The number of ether oxygens (including phenoxy) is 1. The molecule has 2 aliphatic heterocycles. The van der Waals surface area contributed by atoms with Crippen molar-refractivity contribution in [1.82, 2.24) is 29.5 Å². The molecular formula is C30H33N7O3S. The Morgan fingerprint density at radius 3 is 2.49 bits per heavy atom. The maximum atomic E-state index is 12.1. The van der Waals surface area contributed by atoms with Gasteiger partial charge in [-0.2, -0.15) is 0 Å². The number of sulfone groups is 1. The fourth-order valence-electron chi connectivity index (χ4n) is 6.46. The number of rotatable bonds is 5. The Hall–Kier alpha value is -3.83. The molecule has 1 aromatic carbocycles. The molecule has 6 heterocycles. The smallest absolute Gasteiger partial charge is 0.153 e. The highest BCUT2D eigenvalue weighted by Gasteiger charge is 2.31. The summed E-state index contributed by atoms with van der Waals surface area (Å²) in [6.45, 7) is 4.31. The lowest BCUT2D eigenvalue weighted by Crippen LogP contribution is -2.40. The number of aromatic nitrogens is 6. The zero-order valence-corrected chi connectivity index (χ0v) is 24.1. The van der Waals surface area contributed by atoms with E-state index in [-0.39, 0.29) is 17.5 Å². The number of anilines is 1. The van der Waals surface area contributed by atoms with E-state index in [1.807, 2.05) is 26.2 Å². The van der Waals surface area contributed by atoms with Gasteiger partial charge in [0.2, 0.25) is 0 Å². The first-order valence-corrected chi connectivity index (χ1v) is 16.0. The summed E-state index contributed by atoms with van der Waals surface area (Å²) in [5.41, 5.74) is 6.71. The monoisotopic (exact) mass is 571 g/mol. The molecule has 0 unspecified atom stereocenters.